The average Bonchev–Trinajstić information content (AvgIpc) is 3.04. The molecule has 3 rings (SSSR count). The van der Waals surface area contributed by atoms with Gasteiger partial charge in [0, 0.05) is 22.1 Å². The van der Waals surface area contributed by atoms with Gasteiger partial charge in [0.1, 0.15) is 5.69 Å². The Morgan fingerprint density at radius 1 is 1.47 bits per heavy atom. The third-order valence-electron chi connectivity index (χ3n) is 2.88. The molecule has 0 saturated carbocycles. The van der Waals surface area contributed by atoms with E-state index in [1.807, 2.05) is 16.0 Å². The minimum Gasteiger partial charge on any atom is -0.481 e. The number of hydrogen-bond donors (Lipinski definition) is 1. The van der Waals surface area contributed by atoms with Gasteiger partial charge >= 0.3 is 5.97 Å². The van der Waals surface area contributed by atoms with E-state index in [1.54, 1.807) is 11.3 Å². The van der Waals surface area contributed by atoms with E-state index in [1.165, 1.54) is 16.2 Å². The van der Waals surface area contributed by atoms with Gasteiger partial charge < -0.3 is 5.11 Å². The highest BCUT2D eigenvalue weighted by Gasteiger charge is 2.12. The molecule has 0 unspecified atom stereocenters. The molecule has 0 aliphatic rings. The number of carbonyl (C=O) groups is 1. The number of aliphatic carboxylic acids is 1. The van der Waals surface area contributed by atoms with Crippen LogP contribution in [-0.4, -0.2) is 20.5 Å². The van der Waals surface area contributed by atoms with Crippen LogP contribution in [0, 0.1) is 0 Å². The van der Waals surface area contributed by atoms with Crippen LogP contribution < -0.4 is 0 Å². The Labute approximate surface area is 118 Å². The van der Waals surface area contributed by atoms with Crippen LogP contribution >= 0.6 is 22.7 Å². The molecule has 3 aromatic heterocycles. The topological polar surface area (TPSA) is 54.6 Å². The van der Waals surface area contributed by atoms with Crippen LogP contribution in [0.4, 0.5) is 0 Å². The molecular weight excluding hydrogens is 280 g/mol. The van der Waals surface area contributed by atoms with Crippen molar-refractivity contribution in [2.45, 2.75) is 19.8 Å². The molecule has 0 spiro atoms. The van der Waals surface area contributed by atoms with Gasteiger partial charge in [-0.1, -0.05) is 6.92 Å². The number of carboxylic acid groups (broad SMARTS) is 1. The van der Waals surface area contributed by atoms with Gasteiger partial charge in [-0.05, 0) is 18.6 Å². The first kappa shape index (κ1) is 12.4. The Kier molecular flexibility index (Phi) is 3.12. The maximum Gasteiger partial charge on any atom is 0.309 e. The molecule has 4 nitrogen and oxygen atoms in total. The Bertz CT molecular complexity index is 739. The second-order valence-corrected chi connectivity index (χ2v) is 6.20. The summed E-state index contributed by atoms with van der Waals surface area (Å²) in [5, 5.41) is 10.7. The molecule has 0 atom stereocenters. The number of fused-ring (bicyclic) bond motifs is 1. The van der Waals surface area contributed by atoms with Gasteiger partial charge in [0.2, 0.25) is 0 Å². The highest BCUT2D eigenvalue weighted by molar-refractivity contribution is 7.16. The number of nitrogens with zero attached hydrogens (tertiary/aromatic N) is 2. The monoisotopic (exact) mass is 292 g/mol. The van der Waals surface area contributed by atoms with Crippen LogP contribution in [0.5, 0.6) is 0 Å². The van der Waals surface area contributed by atoms with Crippen molar-refractivity contribution in [1.29, 1.82) is 0 Å². The van der Waals surface area contributed by atoms with Gasteiger partial charge in [0.05, 0.1) is 11.3 Å². The number of carboxylic acids is 1. The van der Waals surface area contributed by atoms with E-state index in [0.717, 1.165) is 27.6 Å². The van der Waals surface area contributed by atoms with Gasteiger partial charge in [-0.2, -0.15) is 0 Å². The van der Waals surface area contributed by atoms with E-state index < -0.39 is 5.97 Å². The summed E-state index contributed by atoms with van der Waals surface area (Å²) in [5.41, 5.74) is 1.70. The van der Waals surface area contributed by atoms with Crippen molar-refractivity contribution < 1.29 is 9.90 Å². The number of aromatic nitrogens is 2. The summed E-state index contributed by atoms with van der Waals surface area (Å²) in [6.45, 7) is 2.13. The summed E-state index contributed by atoms with van der Waals surface area (Å²) < 4.78 is 1.87. The summed E-state index contributed by atoms with van der Waals surface area (Å²) >= 11 is 3.21. The number of thiazole rings is 1. The molecule has 19 heavy (non-hydrogen) atoms. The van der Waals surface area contributed by atoms with E-state index in [2.05, 4.69) is 24.0 Å². The van der Waals surface area contributed by atoms with Crippen LogP contribution in [0.15, 0.2) is 23.7 Å². The highest BCUT2D eigenvalue weighted by Crippen LogP contribution is 2.29. The lowest BCUT2D eigenvalue weighted by Crippen LogP contribution is -2.01. The van der Waals surface area contributed by atoms with E-state index >= 15 is 0 Å². The lowest BCUT2D eigenvalue weighted by atomic mass is 10.3. The van der Waals surface area contributed by atoms with Crippen LogP contribution in [0.2, 0.25) is 0 Å². The smallest absolute Gasteiger partial charge is 0.309 e. The lowest BCUT2D eigenvalue weighted by molar-refractivity contribution is -0.136. The molecule has 0 aromatic carbocycles. The van der Waals surface area contributed by atoms with Crippen LogP contribution in [0.25, 0.3) is 15.5 Å². The Balaban J connectivity index is 2.01. The zero-order chi connectivity index (χ0) is 13.4. The fraction of sp³-hybridized carbons (Fsp3) is 0.231. The van der Waals surface area contributed by atoms with Crippen molar-refractivity contribution in [3.05, 3.63) is 34.3 Å². The number of imidazole rings is 1. The molecule has 0 amide bonds. The molecule has 3 aromatic rings. The van der Waals surface area contributed by atoms with E-state index in [-0.39, 0.29) is 6.42 Å². The first-order chi connectivity index (χ1) is 9.17. The standard InChI is InChI=1S/C13H12N2O2S2/c1-2-9-3-4-11(19-9)10-6-15-8(5-12(16)17)7-18-13(15)14-10/h3-4,6-7H,2,5H2,1H3,(H,16,17). The van der Waals surface area contributed by atoms with Crippen LogP contribution in [-0.2, 0) is 17.6 Å². The van der Waals surface area contributed by atoms with Crippen LogP contribution in [0.3, 0.4) is 0 Å². The molecule has 1 N–H and O–H groups in total. The second kappa shape index (κ2) is 4.79. The molecule has 98 valence electrons. The maximum absolute atomic E-state index is 10.8. The minimum absolute atomic E-state index is 0.0282. The van der Waals surface area contributed by atoms with Crippen molar-refractivity contribution in [2.75, 3.05) is 0 Å². The highest BCUT2D eigenvalue weighted by atomic mass is 32.1. The summed E-state index contributed by atoms with van der Waals surface area (Å²) in [7, 11) is 0. The first-order valence-corrected chi connectivity index (χ1v) is 7.63. The van der Waals surface area contributed by atoms with Gasteiger partial charge in [-0.25, -0.2) is 4.98 Å². The van der Waals surface area contributed by atoms with Gasteiger partial charge in [0.15, 0.2) is 4.96 Å². The average molecular weight is 292 g/mol. The van der Waals surface area contributed by atoms with Crippen molar-refractivity contribution in [3.63, 3.8) is 0 Å². The van der Waals surface area contributed by atoms with Crippen molar-refractivity contribution in [2.24, 2.45) is 0 Å². The number of aryl methyl sites for hydroxylation is 1. The molecule has 0 fully saturated rings. The quantitative estimate of drug-likeness (QED) is 0.802. The third kappa shape index (κ3) is 2.29. The van der Waals surface area contributed by atoms with Crippen molar-refractivity contribution in [3.8, 4) is 10.6 Å². The molecule has 0 saturated heterocycles. The fourth-order valence-corrected chi connectivity index (χ4v) is 3.71. The zero-order valence-corrected chi connectivity index (χ0v) is 11.9. The number of thiophene rings is 1. The molecule has 0 radical (unpaired) electrons. The molecular formula is C13H12N2O2S2. The van der Waals surface area contributed by atoms with Crippen molar-refractivity contribution in [1.82, 2.24) is 9.38 Å². The van der Waals surface area contributed by atoms with Crippen LogP contribution in [0.1, 0.15) is 17.5 Å². The summed E-state index contributed by atoms with van der Waals surface area (Å²) in [5.74, 6) is -0.820. The largest absolute Gasteiger partial charge is 0.481 e. The zero-order valence-electron chi connectivity index (χ0n) is 10.3. The molecule has 3 heterocycles. The Hall–Kier alpha value is -1.66. The van der Waals surface area contributed by atoms with E-state index in [4.69, 9.17) is 5.11 Å². The molecule has 6 heteroatoms. The molecule has 0 bridgehead atoms. The summed E-state index contributed by atoms with van der Waals surface area (Å²) in [6, 6.07) is 4.19. The predicted octanol–water partition coefficient (Wildman–Crippen LogP) is 3.31. The normalized spacial score (nSPS) is 11.2. The van der Waals surface area contributed by atoms with Gasteiger partial charge in [0.25, 0.3) is 0 Å². The molecule has 0 aliphatic heterocycles. The van der Waals surface area contributed by atoms with E-state index in [9.17, 15) is 4.79 Å². The second-order valence-electron chi connectivity index (χ2n) is 4.20. The Morgan fingerprint density at radius 3 is 3.00 bits per heavy atom. The fourth-order valence-electron chi connectivity index (χ4n) is 1.94. The Morgan fingerprint density at radius 2 is 2.32 bits per heavy atom. The van der Waals surface area contributed by atoms with Crippen molar-refractivity contribution >= 4 is 33.6 Å². The summed E-state index contributed by atoms with van der Waals surface area (Å²) in [6.07, 6.45) is 2.98. The maximum atomic E-state index is 10.8. The van der Waals surface area contributed by atoms with Gasteiger partial charge in [-0.3, -0.25) is 9.20 Å². The van der Waals surface area contributed by atoms with Gasteiger partial charge in [-0.15, -0.1) is 22.7 Å². The first-order valence-electron chi connectivity index (χ1n) is 5.93. The van der Waals surface area contributed by atoms with E-state index in [0.29, 0.717) is 0 Å². The lowest BCUT2D eigenvalue weighted by Gasteiger charge is -1.93. The SMILES string of the molecule is CCc1ccc(-c2cn3c(CC(=O)O)csc3n2)s1. The number of hydrogen-bond acceptors (Lipinski definition) is 4. The number of rotatable bonds is 4. The third-order valence-corrected chi connectivity index (χ3v) is 5.02. The molecule has 0 aliphatic carbocycles. The summed E-state index contributed by atoms with van der Waals surface area (Å²) in [4.78, 5) is 18.7. The minimum atomic E-state index is -0.820. The predicted molar refractivity (Wildman–Crippen MR) is 77.1 cm³/mol.